The highest BCUT2D eigenvalue weighted by Crippen LogP contribution is 2.17. The summed E-state index contributed by atoms with van der Waals surface area (Å²) >= 11 is 1.99. The summed E-state index contributed by atoms with van der Waals surface area (Å²) in [6.45, 7) is 10.1. The van der Waals surface area contributed by atoms with E-state index in [2.05, 4.69) is 4.84 Å². The molecule has 0 unspecified atom stereocenters. The Morgan fingerprint density at radius 1 is 1.22 bits per heavy atom. The predicted octanol–water partition coefficient (Wildman–Crippen LogP) is 2.80. The normalized spacial score (nSPS) is 11.2. The number of rotatable bonds is 7. The van der Waals surface area contributed by atoms with Crippen molar-refractivity contribution in [2.45, 2.75) is 53.2 Å². The average molecular weight is 563 g/mol. The molecule has 8 nitrogen and oxygen atoms in total. The molecule has 0 saturated carbocycles. The molecule has 0 aliphatic heterocycles. The number of carbonyl (C=O) groups is 1. The Balaban J connectivity index is 0.000000482. The molecule has 1 aromatic carbocycles. The van der Waals surface area contributed by atoms with Crippen molar-refractivity contribution in [3.05, 3.63) is 65.2 Å². The van der Waals surface area contributed by atoms with Gasteiger partial charge in [-0.25, -0.2) is 15.1 Å². The van der Waals surface area contributed by atoms with Gasteiger partial charge in [-0.05, 0) is 74.9 Å². The smallest absolute Gasteiger partial charge is 0.330 e. The van der Waals surface area contributed by atoms with Crippen LogP contribution in [0, 0.1) is 9.39 Å². The maximum Gasteiger partial charge on any atom is 0.330 e. The van der Waals surface area contributed by atoms with Crippen molar-refractivity contribution in [3.8, 4) is 0 Å². The summed E-state index contributed by atoms with van der Waals surface area (Å²) in [5.41, 5.74) is -0.716. The molecule has 0 aliphatic rings. The molecule has 10 heteroatoms. The van der Waals surface area contributed by atoms with Crippen LogP contribution in [0.25, 0.3) is 0 Å². The Morgan fingerprint density at radius 2 is 1.84 bits per heavy atom. The minimum Gasteiger partial charge on any atom is -0.373 e. The highest BCUT2D eigenvalue weighted by Gasteiger charge is 2.21. The van der Waals surface area contributed by atoms with Crippen LogP contribution in [0.2, 0.25) is 0 Å². The van der Waals surface area contributed by atoms with Crippen LogP contribution in [-0.2, 0) is 29.6 Å². The first-order valence-corrected chi connectivity index (χ1v) is 11.1. The summed E-state index contributed by atoms with van der Waals surface area (Å²) in [5.74, 6) is 3.91. The van der Waals surface area contributed by atoms with E-state index in [0.29, 0.717) is 18.8 Å². The minimum atomic E-state index is -0.621. The van der Waals surface area contributed by atoms with Crippen LogP contribution in [0.1, 0.15) is 56.2 Å². The Kier molecular flexibility index (Phi) is 10.9. The van der Waals surface area contributed by atoms with E-state index in [1.807, 2.05) is 43.4 Å². The molecule has 178 valence electrons. The second kappa shape index (κ2) is 12.4. The molecule has 2 N–H and O–H groups in total. The van der Waals surface area contributed by atoms with Crippen molar-refractivity contribution in [3.63, 3.8) is 0 Å². The van der Waals surface area contributed by atoms with Crippen molar-refractivity contribution in [2.24, 2.45) is 12.9 Å². The van der Waals surface area contributed by atoms with E-state index in [9.17, 15) is 18.8 Å². The van der Waals surface area contributed by atoms with Gasteiger partial charge in [0.25, 0.3) is 5.56 Å². The van der Waals surface area contributed by atoms with Gasteiger partial charge in [-0.3, -0.25) is 18.7 Å². The van der Waals surface area contributed by atoms with Crippen LogP contribution >= 0.6 is 22.6 Å². The lowest BCUT2D eigenvalue weighted by molar-refractivity contribution is -0.0352. The monoisotopic (exact) mass is 563 g/mol. The third-order valence-corrected chi connectivity index (χ3v) is 5.12. The first-order chi connectivity index (χ1) is 14.8. The summed E-state index contributed by atoms with van der Waals surface area (Å²) < 4.78 is 22.3. The lowest BCUT2D eigenvalue weighted by Gasteiger charge is -2.18. The Morgan fingerprint density at radius 3 is 2.31 bits per heavy atom. The standard InChI is InChI=1S/C16H16FIN2O3.C6H15NO2/c1-4-20-15(22)14(9(2)21)13(19(3)16(20)23)7-10-5-6-11(18)8-12(10)17;1-6(2,3)8-4-5-9-7/h5-6,8H,4,7H2,1-3H3;4-5,7H2,1-3H3. The predicted molar refractivity (Wildman–Crippen MR) is 129 cm³/mol. The van der Waals surface area contributed by atoms with E-state index in [1.165, 1.54) is 24.6 Å². The molecule has 0 aliphatic carbocycles. The molecule has 0 saturated heterocycles. The van der Waals surface area contributed by atoms with E-state index in [4.69, 9.17) is 10.6 Å². The molecule has 2 rings (SSSR count). The number of hydrogen-bond donors (Lipinski definition) is 1. The summed E-state index contributed by atoms with van der Waals surface area (Å²) in [4.78, 5) is 40.9. The maximum atomic E-state index is 14.1. The molecule has 0 bridgehead atoms. The van der Waals surface area contributed by atoms with E-state index >= 15 is 0 Å². The van der Waals surface area contributed by atoms with Gasteiger partial charge in [0.05, 0.1) is 18.8 Å². The number of ether oxygens (including phenoxy) is 1. The molecule has 2 aromatic rings. The number of Topliss-reactive ketones (excluding diaryl/α,β-unsaturated/α-hetero) is 1. The van der Waals surface area contributed by atoms with Gasteiger partial charge in [0, 0.05) is 29.3 Å². The Hall–Kier alpha value is -1.89. The van der Waals surface area contributed by atoms with Crippen molar-refractivity contribution >= 4 is 28.4 Å². The number of carbonyl (C=O) groups excluding carboxylic acids is 1. The van der Waals surface area contributed by atoms with E-state index in [-0.39, 0.29) is 29.8 Å². The first kappa shape index (κ1) is 28.1. The molecule has 1 aromatic heterocycles. The quantitative estimate of drug-likeness (QED) is 0.241. The first-order valence-electron chi connectivity index (χ1n) is 10.1. The van der Waals surface area contributed by atoms with Gasteiger partial charge in [-0.2, -0.15) is 0 Å². The van der Waals surface area contributed by atoms with E-state index in [1.54, 1.807) is 19.1 Å². The highest BCUT2D eigenvalue weighted by atomic mass is 127. The second-order valence-electron chi connectivity index (χ2n) is 8.01. The largest absolute Gasteiger partial charge is 0.373 e. The van der Waals surface area contributed by atoms with Crippen LogP contribution < -0.4 is 17.1 Å². The fourth-order valence-electron chi connectivity index (χ4n) is 2.89. The van der Waals surface area contributed by atoms with Crippen molar-refractivity contribution < 1.29 is 18.8 Å². The topological polar surface area (TPSA) is 106 Å². The van der Waals surface area contributed by atoms with Crippen LogP contribution in [0.5, 0.6) is 0 Å². The Labute approximate surface area is 200 Å². The van der Waals surface area contributed by atoms with Crippen LogP contribution in [0.15, 0.2) is 27.8 Å². The number of benzene rings is 1. The van der Waals surface area contributed by atoms with Crippen molar-refractivity contribution in [1.29, 1.82) is 0 Å². The van der Waals surface area contributed by atoms with Crippen LogP contribution in [0.3, 0.4) is 0 Å². The third kappa shape index (κ3) is 7.91. The average Bonchev–Trinajstić information content (AvgIpc) is 2.68. The zero-order valence-corrected chi connectivity index (χ0v) is 21.5. The molecule has 0 fully saturated rings. The maximum absolute atomic E-state index is 14.1. The second-order valence-corrected chi connectivity index (χ2v) is 9.26. The zero-order valence-electron chi connectivity index (χ0n) is 19.3. The number of hydrogen-bond acceptors (Lipinski definition) is 6. The summed E-state index contributed by atoms with van der Waals surface area (Å²) in [5, 5.41) is 0. The lowest BCUT2D eigenvalue weighted by atomic mass is 10.0. The van der Waals surface area contributed by atoms with Gasteiger partial charge in [0.2, 0.25) is 0 Å². The summed E-state index contributed by atoms with van der Waals surface area (Å²) in [7, 11) is 1.49. The molecular weight excluding hydrogens is 532 g/mol. The van der Waals surface area contributed by atoms with Gasteiger partial charge < -0.3 is 9.57 Å². The van der Waals surface area contributed by atoms with Gasteiger partial charge in [-0.1, -0.05) is 6.07 Å². The fraction of sp³-hybridized carbons (Fsp3) is 0.500. The molecule has 1 heterocycles. The van der Waals surface area contributed by atoms with Crippen LogP contribution in [0.4, 0.5) is 4.39 Å². The number of aromatic nitrogens is 2. The van der Waals surface area contributed by atoms with Gasteiger partial charge in [0.1, 0.15) is 11.4 Å². The summed E-state index contributed by atoms with van der Waals surface area (Å²) in [6, 6.07) is 4.70. The number of nitrogens with two attached hydrogens (primary N) is 1. The molecule has 0 amide bonds. The highest BCUT2D eigenvalue weighted by molar-refractivity contribution is 14.1. The van der Waals surface area contributed by atoms with Crippen LogP contribution in [-0.4, -0.2) is 33.7 Å². The molecule has 0 radical (unpaired) electrons. The van der Waals surface area contributed by atoms with Gasteiger partial charge in [-0.15, -0.1) is 0 Å². The fourth-order valence-corrected chi connectivity index (χ4v) is 3.34. The molecular formula is C22H31FIN3O5. The van der Waals surface area contributed by atoms with Gasteiger partial charge in [0.15, 0.2) is 5.78 Å². The minimum absolute atomic E-state index is 0.00318. The summed E-state index contributed by atoms with van der Waals surface area (Å²) in [6.07, 6.45) is 0.00318. The number of ketones is 1. The van der Waals surface area contributed by atoms with Crippen molar-refractivity contribution in [2.75, 3.05) is 13.2 Å². The third-order valence-electron chi connectivity index (χ3n) is 4.45. The van der Waals surface area contributed by atoms with Crippen molar-refractivity contribution in [1.82, 2.24) is 9.13 Å². The SMILES string of the molecule is CC(C)(C)OCCON.CCn1c(=O)c(C(C)=O)c(Cc2ccc(I)cc2F)n(C)c1=O. The molecule has 0 atom stereocenters. The van der Waals surface area contributed by atoms with E-state index < -0.39 is 22.8 Å². The number of halogens is 2. The lowest BCUT2D eigenvalue weighted by Crippen LogP contribution is -2.43. The molecule has 0 spiro atoms. The number of nitrogens with zero attached hydrogens (tertiary/aromatic N) is 2. The van der Waals surface area contributed by atoms with E-state index in [0.717, 1.165) is 8.14 Å². The zero-order chi connectivity index (χ0) is 24.6. The molecule has 32 heavy (non-hydrogen) atoms. The van der Waals surface area contributed by atoms with Gasteiger partial charge >= 0.3 is 5.69 Å². The Bertz CT molecular complexity index is 1060.